The molecule has 1 nitrogen and oxygen atoms in total. The minimum absolute atomic E-state index is 0.746. The maximum atomic E-state index is 3.44. The molecule has 2 rings (SSSR count). The molecule has 98 valence electrons. The fraction of sp³-hybridized carbons (Fsp3) is 0.529. The van der Waals surface area contributed by atoms with E-state index in [4.69, 9.17) is 0 Å². The molecule has 0 saturated heterocycles. The fourth-order valence-corrected chi connectivity index (χ4v) is 2.99. The van der Waals surface area contributed by atoms with Gasteiger partial charge in [0.1, 0.15) is 0 Å². The van der Waals surface area contributed by atoms with E-state index >= 15 is 0 Å². The number of hydrogen-bond acceptors (Lipinski definition) is 1. The number of allylic oxidation sites excluding steroid dienone is 8. The van der Waals surface area contributed by atoms with E-state index in [0.717, 1.165) is 12.0 Å². The van der Waals surface area contributed by atoms with Crippen molar-refractivity contribution >= 4 is 0 Å². The Morgan fingerprint density at radius 1 is 0.889 bits per heavy atom. The van der Waals surface area contributed by atoms with Gasteiger partial charge in [0, 0.05) is 6.04 Å². The summed E-state index contributed by atoms with van der Waals surface area (Å²) in [6.07, 6.45) is 23.3. The molecule has 0 spiro atoms. The Morgan fingerprint density at radius 2 is 1.56 bits per heavy atom. The van der Waals surface area contributed by atoms with Crippen molar-refractivity contribution in [2.24, 2.45) is 5.92 Å². The maximum absolute atomic E-state index is 3.44. The normalized spacial score (nSPS) is 37.3. The van der Waals surface area contributed by atoms with Gasteiger partial charge in [-0.25, -0.2) is 0 Å². The summed E-state index contributed by atoms with van der Waals surface area (Å²) >= 11 is 0. The van der Waals surface area contributed by atoms with Crippen LogP contribution in [0.3, 0.4) is 0 Å². The van der Waals surface area contributed by atoms with E-state index in [1.165, 1.54) is 44.1 Å². The SMILES string of the molecule is CNC1CCCC(C2=C/C=C\C=C/C=C\2)CCC1. The summed E-state index contributed by atoms with van der Waals surface area (Å²) in [4.78, 5) is 0. The van der Waals surface area contributed by atoms with Crippen molar-refractivity contribution in [3.63, 3.8) is 0 Å². The molecule has 0 aromatic heterocycles. The monoisotopic (exact) mass is 243 g/mol. The predicted octanol–water partition coefficient (Wildman–Crippen LogP) is 4.15. The van der Waals surface area contributed by atoms with Crippen molar-refractivity contribution in [2.75, 3.05) is 7.05 Å². The van der Waals surface area contributed by atoms with E-state index in [2.05, 4.69) is 54.9 Å². The molecule has 1 N–H and O–H groups in total. The highest BCUT2D eigenvalue weighted by Gasteiger charge is 2.17. The Labute approximate surface area is 111 Å². The Balaban J connectivity index is 1.96. The van der Waals surface area contributed by atoms with Crippen molar-refractivity contribution in [3.05, 3.63) is 48.1 Å². The van der Waals surface area contributed by atoms with Gasteiger partial charge in [0.2, 0.25) is 0 Å². The van der Waals surface area contributed by atoms with Gasteiger partial charge in [0.15, 0.2) is 0 Å². The highest BCUT2D eigenvalue weighted by atomic mass is 14.9. The molecule has 1 heteroatoms. The zero-order valence-corrected chi connectivity index (χ0v) is 11.4. The second kappa shape index (κ2) is 7.38. The summed E-state index contributed by atoms with van der Waals surface area (Å²) in [7, 11) is 2.10. The Bertz CT molecular complexity index is 350. The summed E-state index contributed by atoms with van der Waals surface area (Å²) in [6, 6.07) is 0.746. The lowest BCUT2D eigenvalue weighted by Crippen LogP contribution is -2.26. The molecule has 1 fully saturated rings. The summed E-state index contributed by atoms with van der Waals surface area (Å²) in [5, 5.41) is 3.44. The molecule has 0 amide bonds. The first kappa shape index (κ1) is 13.4. The van der Waals surface area contributed by atoms with E-state index in [1.807, 2.05) is 0 Å². The van der Waals surface area contributed by atoms with Crippen LogP contribution in [-0.2, 0) is 0 Å². The van der Waals surface area contributed by atoms with Crippen LogP contribution in [0.1, 0.15) is 38.5 Å². The van der Waals surface area contributed by atoms with E-state index < -0.39 is 0 Å². The van der Waals surface area contributed by atoms with Crippen molar-refractivity contribution in [2.45, 2.75) is 44.6 Å². The van der Waals surface area contributed by atoms with E-state index in [9.17, 15) is 0 Å². The molecule has 0 aromatic rings. The smallest absolute Gasteiger partial charge is 0.00640 e. The Kier molecular flexibility index (Phi) is 5.47. The minimum atomic E-state index is 0.746. The van der Waals surface area contributed by atoms with Crippen molar-refractivity contribution in [1.29, 1.82) is 0 Å². The van der Waals surface area contributed by atoms with Gasteiger partial charge in [0.25, 0.3) is 0 Å². The maximum Gasteiger partial charge on any atom is 0.00640 e. The lowest BCUT2D eigenvalue weighted by molar-refractivity contribution is 0.367. The van der Waals surface area contributed by atoms with Crippen LogP contribution in [0, 0.1) is 5.92 Å². The summed E-state index contributed by atoms with van der Waals surface area (Å²) in [5.41, 5.74) is 1.51. The third-order valence-corrected chi connectivity index (χ3v) is 4.11. The number of nitrogens with one attached hydrogen (secondary N) is 1. The highest BCUT2D eigenvalue weighted by molar-refractivity contribution is 5.32. The van der Waals surface area contributed by atoms with E-state index in [0.29, 0.717) is 0 Å². The van der Waals surface area contributed by atoms with Crippen LogP contribution in [0.15, 0.2) is 48.1 Å². The topological polar surface area (TPSA) is 12.0 Å². The highest BCUT2D eigenvalue weighted by Crippen LogP contribution is 2.29. The van der Waals surface area contributed by atoms with Gasteiger partial charge >= 0.3 is 0 Å². The lowest BCUT2D eigenvalue weighted by atomic mass is 9.84. The van der Waals surface area contributed by atoms with Crippen LogP contribution in [0.4, 0.5) is 0 Å². The lowest BCUT2D eigenvalue weighted by Gasteiger charge is -2.25. The standard InChI is InChI=1S/C17H25N/c1-18-17-13-7-11-16(12-8-14-17)15-9-5-3-2-4-6-10-15/h2-6,9-10,16-18H,7-8,11-14H2,1H3/b3-2-,4-2?,5-3?,6-4-,9-5-,10-6?,15-9?,15-10+. The Hall–Kier alpha value is -1.08. The summed E-state index contributed by atoms with van der Waals surface area (Å²) < 4.78 is 0. The first-order valence-corrected chi connectivity index (χ1v) is 7.29. The molecule has 0 heterocycles. The molecule has 0 aliphatic heterocycles. The average Bonchev–Trinajstić information content (AvgIpc) is 2.30. The second-order valence-electron chi connectivity index (χ2n) is 5.34. The molecule has 0 aromatic carbocycles. The van der Waals surface area contributed by atoms with Gasteiger partial charge in [0.05, 0.1) is 0 Å². The summed E-state index contributed by atoms with van der Waals surface area (Å²) in [6.45, 7) is 0. The van der Waals surface area contributed by atoms with Crippen molar-refractivity contribution in [3.8, 4) is 0 Å². The molecule has 18 heavy (non-hydrogen) atoms. The van der Waals surface area contributed by atoms with Gasteiger partial charge in [-0.1, -0.05) is 55.4 Å². The molecule has 1 saturated carbocycles. The van der Waals surface area contributed by atoms with Crippen LogP contribution in [0.25, 0.3) is 0 Å². The minimum Gasteiger partial charge on any atom is -0.317 e. The quantitative estimate of drug-likeness (QED) is 0.768. The first-order chi connectivity index (χ1) is 8.90. The third-order valence-electron chi connectivity index (χ3n) is 4.11. The molecule has 0 unspecified atom stereocenters. The van der Waals surface area contributed by atoms with Gasteiger partial charge in [-0.15, -0.1) is 0 Å². The Morgan fingerprint density at radius 3 is 2.28 bits per heavy atom. The van der Waals surface area contributed by atoms with Crippen LogP contribution < -0.4 is 5.32 Å². The average molecular weight is 243 g/mol. The van der Waals surface area contributed by atoms with Crippen molar-refractivity contribution < 1.29 is 0 Å². The molecular formula is C17H25N. The number of rotatable bonds is 2. The van der Waals surface area contributed by atoms with Gasteiger partial charge in [-0.3, -0.25) is 0 Å². The fourth-order valence-electron chi connectivity index (χ4n) is 2.99. The molecular weight excluding hydrogens is 218 g/mol. The zero-order chi connectivity index (χ0) is 12.6. The van der Waals surface area contributed by atoms with Crippen LogP contribution in [0.5, 0.6) is 0 Å². The third kappa shape index (κ3) is 3.99. The van der Waals surface area contributed by atoms with Crippen LogP contribution in [-0.4, -0.2) is 13.1 Å². The number of hydrogen-bond donors (Lipinski definition) is 1. The van der Waals surface area contributed by atoms with Gasteiger partial charge in [-0.2, -0.15) is 0 Å². The van der Waals surface area contributed by atoms with Gasteiger partial charge in [-0.05, 0) is 44.2 Å². The van der Waals surface area contributed by atoms with E-state index in [-0.39, 0.29) is 0 Å². The van der Waals surface area contributed by atoms with E-state index in [1.54, 1.807) is 0 Å². The molecule has 0 radical (unpaired) electrons. The molecule has 2 aliphatic rings. The van der Waals surface area contributed by atoms with Crippen molar-refractivity contribution in [1.82, 2.24) is 5.32 Å². The van der Waals surface area contributed by atoms with Crippen LogP contribution in [0.2, 0.25) is 0 Å². The first-order valence-electron chi connectivity index (χ1n) is 7.29. The second-order valence-corrected chi connectivity index (χ2v) is 5.34. The zero-order valence-electron chi connectivity index (χ0n) is 11.4. The molecule has 0 atom stereocenters. The molecule has 0 bridgehead atoms. The summed E-state index contributed by atoms with van der Waals surface area (Å²) in [5.74, 6) is 0.759. The van der Waals surface area contributed by atoms with Gasteiger partial charge < -0.3 is 5.32 Å². The predicted molar refractivity (Wildman–Crippen MR) is 79.5 cm³/mol. The largest absolute Gasteiger partial charge is 0.317 e. The van der Waals surface area contributed by atoms with Crippen LogP contribution >= 0.6 is 0 Å². The molecule has 2 aliphatic carbocycles.